The monoisotopic (exact) mass is 1060 g/mol. The number of aliphatic hydroxyl groups excluding tert-OH is 4. The number of nitrogens with zero attached hydrogens (tertiary/aromatic N) is 2. The van der Waals surface area contributed by atoms with Crippen molar-refractivity contribution >= 4 is 35.7 Å². The summed E-state index contributed by atoms with van der Waals surface area (Å²) in [4.78, 5) is 84.9. The minimum atomic E-state index is -1.54. The lowest BCUT2D eigenvalue weighted by Gasteiger charge is -2.44. The van der Waals surface area contributed by atoms with Crippen molar-refractivity contribution in [2.24, 2.45) is 0 Å². The molecule has 2 bridgehead atoms. The number of carbonyl (C=O) groups is 6. The second-order valence-corrected chi connectivity index (χ2v) is 18.4. The molecule has 10 unspecified atom stereocenters. The summed E-state index contributed by atoms with van der Waals surface area (Å²) in [5, 5.41) is 75.6. The van der Waals surface area contributed by atoms with E-state index in [1.807, 2.05) is 48.5 Å². The molecule has 0 saturated carbocycles. The number of carbonyl (C=O) groups excluding carboxylic acids is 6. The second-order valence-electron chi connectivity index (χ2n) is 18.4. The third-order valence-electron chi connectivity index (χ3n) is 12.8. The van der Waals surface area contributed by atoms with Crippen molar-refractivity contribution in [1.82, 2.24) is 36.2 Å². The standard InChI is InChI=1S/C49H65N7O19/c1-27-42(65)43(66)44-48(72-27)70-20-18-52-39(62)25-55(24-38(61)51-17-19-69-46-34(57)21-35(58)47(73-44)74-46)23-37(60)50-16-8-2-3-13-36(59)53-22-33(45(67)75-56-40(63)14-15-41(56)64)54-49(68)71-26-32-30-11-6-4-9-28(30)29-10-5-7-12-31(29)32/h4-7,9-12,14-15,27,32-35,42-44,46-48,57-58,63-66H,2-3,8,13,16-26H2,1H3,(H,50,60)(H,51,61)(H,52,62)(H,53,59)(H,54,68). The molecular weight excluding hydrogens is 991 g/mol. The van der Waals surface area contributed by atoms with Gasteiger partial charge in [0.25, 0.3) is 0 Å². The maximum Gasteiger partial charge on any atom is 0.407 e. The Labute approximate surface area is 430 Å². The first kappa shape index (κ1) is 56.3. The zero-order chi connectivity index (χ0) is 53.6. The van der Waals surface area contributed by atoms with Crippen LogP contribution in [0.5, 0.6) is 11.8 Å². The fourth-order valence-corrected chi connectivity index (χ4v) is 8.91. The third kappa shape index (κ3) is 15.3. The Bertz CT molecular complexity index is 2380. The van der Waals surface area contributed by atoms with E-state index in [0.29, 0.717) is 24.0 Å². The minimum Gasteiger partial charge on any atom is -0.492 e. The topological polar surface area (TPSA) is 357 Å². The first-order valence-electron chi connectivity index (χ1n) is 24.7. The van der Waals surface area contributed by atoms with Crippen LogP contribution in [0.3, 0.4) is 0 Å². The Balaban J connectivity index is 0.852. The molecule has 0 radical (unpaired) electrons. The van der Waals surface area contributed by atoms with Crippen molar-refractivity contribution in [3.8, 4) is 22.9 Å². The van der Waals surface area contributed by atoms with E-state index in [2.05, 4.69) is 26.6 Å². The highest BCUT2D eigenvalue weighted by Crippen LogP contribution is 2.44. The van der Waals surface area contributed by atoms with Gasteiger partial charge in [-0.15, -0.1) is 4.73 Å². The number of hydrogen-bond acceptors (Lipinski definition) is 20. The number of rotatable bonds is 15. The summed E-state index contributed by atoms with van der Waals surface area (Å²) in [6.45, 7) is -0.412. The van der Waals surface area contributed by atoms with Crippen LogP contribution in [0.25, 0.3) is 11.1 Å². The highest BCUT2D eigenvalue weighted by atomic mass is 16.8. The fourth-order valence-electron chi connectivity index (χ4n) is 8.91. The third-order valence-corrected chi connectivity index (χ3v) is 12.8. The molecule has 26 heteroatoms. The molecule has 4 heterocycles. The van der Waals surface area contributed by atoms with Gasteiger partial charge in [-0.2, -0.15) is 0 Å². The van der Waals surface area contributed by atoms with Gasteiger partial charge in [0.2, 0.25) is 35.4 Å². The Kier molecular flexibility index (Phi) is 20.1. The summed E-state index contributed by atoms with van der Waals surface area (Å²) in [7, 11) is 0. The van der Waals surface area contributed by atoms with Gasteiger partial charge >= 0.3 is 12.1 Å². The summed E-state index contributed by atoms with van der Waals surface area (Å²) >= 11 is 0. The van der Waals surface area contributed by atoms with Crippen LogP contribution in [-0.4, -0.2) is 203 Å². The number of aromatic hydroxyl groups is 2. The van der Waals surface area contributed by atoms with Gasteiger partial charge in [0.15, 0.2) is 18.9 Å². The van der Waals surface area contributed by atoms with Gasteiger partial charge in [-0.05, 0) is 42.0 Å². The Hall–Kier alpha value is -6.46. The van der Waals surface area contributed by atoms with Crippen molar-refractivity contribution in [2.75, 3.05) is 65.6 Å². The van der Waals surface area contributed by atoms with Crippen molar-refractivity contribution < 1.29 is 92.7 Å². The van der Waals surface area contributed by atoms with E-state index in [1.54, 1.807) is 0 Å². The summed E-state index contributed by atoms with van der Waals surface area (Å²) < 4.78 is 34.6. The summed E-state index contributed by atoms with van der Waals surface area (Å²) in [6, 6.07) is 16.1. The van der Waals surface area contributed by atoms with E-state index in [-0.39, 0.29) is 77.8 Å². The molecule has 26 nitrogen and oxygen atoms in total. The molecule has 4 aliphatic rings. The highest BCUT2D eigenvalue weighted by Gasteiger charge is 2.48. The molecular formula is C49H65N7O19. The fraction of sp³-hybridized carbons (Fsp3) is 0.551. The molecule has 1 aromatic heterocycles. The second kappa shape index (κ2) is 26.8. The smallest absolute Gasteiger partial charge is 0.407 e. The average molecular weight is 1060 g/mol. The van der Waals surface area contributed by atoms with Crippen molar-refractivity contribution in [3.05, 3.63) is 71.8 Å². The van der Waals surface area contributed by atoms with Crippen LogP contribution in [0, 0.1) is 0 Å². The van der Waals surface area contributed by atoms with E-state index in [0.717, 1.165) is 34.4 Å². The Morgan fingerprint density at radius 3 is 2.00 bits per heavy atom. The number of hydrogen-bond donors (Lipinski definition) is 11. The van der Waals surface area contributed by atoms with Crippen molar-refractivity contribution in [1.29, 1.82) is 0 Å². The number of nitrogens with one attached hydrogen (secondary N) is 5. The van der Waals surface area contributed by atoms with Gasteiger partial charge in [-0.25, -0.2) is 9.59 Å². The Morgan fingerprint density at radius 1 is 0.733 bits per heavy atom. The summed E-state index contributed by atoms with van der Waals surface area (Å²) in [6.07, 6.45) is -11.8. The van der Waals surface area contributed by atoms with E-state index < -0.39 is 116 Å². The Morgan fingerprint density at radius 2 is 1.35 bits per heavy atom. The zero-order valence-corrected chi connectivity index (χ0v) is 41.1. The van der Waals surface area contributed by atoms with Crippen LogP contribution < -0.4 is 31.4 Å². The van der Waals surface area contributed by atoms with Crippen LogP contribution >= 0.6 is 0 Å². The predicted octanol–water partition coefficient (Wildman–Crippen LogP) is -2.22. The lowest BCUT2D eigenvalue weighted by molar-refractivity contribution is -0.374. The lowest BCUT2D eigenvalue weighted by Crippen LogP contribution is -2.61. The van der Waals surface area contributed by atoms with E-state index in [1.165, 1.54) is 11.8 Å². The van der Waals surface area contributed by atoms with Crippen LogP contribution in [0.15, 0.2) is 60.7 Å². The highest BCUT2D eigenvalue weighted by molar-refractivity contribution is 5.85. The lowest BCUT2D eigenvalue weighted by atomic mass is 9.98. The summed E-state index contributed by atoms with van der Waals surface area (Å²) in [5.74, 6) is -4.72. The maximum atomic E-state index is 13.3. The molecule has 410 valence electrons. The molecule has 75 heavy (non-hydrogen) atoms. The zero-order valence-electron chi connectivity index (χ0n) is 41.1. The van der Waals surface area contributed by atoms with Crippen LogP contribution in [-0.2, 0) is 52.4 Å². The van der Waals surface area contributed by atoms with Gasteiger partial charge in [0.05, 0.1) is 39.0 Å². The summed E-state index contributed by atoms with van der Waals surface area (Å²) in [5.41, 5.74) is 3.96. The van der Waals surface area contributed by atoms with Gasteiger partial charge < -0.3 is 90.5 Å². The maximum absolute atomic E-state index is 13.3. The number of alkyl carbamates (subject to hydrolysis) is 1. The van der Waals surface area contributed by atoms with Gasteiger partial charge in [-0.1, -0.05) is 55.0 Å². The van der Waals surface area contributed by atoms with Crippen molar-refractivity contribution in [2.45, 2.75) is 106 Å². The molecule has 11 N–H and O–H groups in total. The van der Waals surface area contributed by atoms with E-state index >= 15 is 0 Å². The first-order chi connectivity index (χ1) is 36.1. The molecule has 7 rings (SSSR count). The largest absolute Gasteiger partial charge is 0.492 e. The molecule has 3 fully saturated rings. The molecule has 10 atom stereocenters. The molecule has 3 saturated heterocycles. The van der Waals surface area contributed by atoms with E-state index in [4.69, 9.17) is 33.3 Å². The number of aliphatic hydroxyl groups is 4. The van der Waals surface area contributed by atoms with E-state index in [9.17, 15) is 59.4 Å². The molecule has 3 aromatic rings. The first-order valence-corrected chi connectivity index (χ1v) is 24.7. The van der Waals surface area contributed by atoms with Crippen LogP contribution in [0.1, 0.15) is 56.1 Å². The number of unbranched alkanes of at least 4 members (excludes halogenated alkanes) is 2. The van der Waals surface area contributed by atoms with Gasteiger partial charge in [0, 0.05) is 57.1 Å². The molecule has 0 spiro atoms. The van der Waals surface area contributed by atoms with Crippen LogP contribution in [0.4, 0.5) is 4.79 Å². The molecule has 1 aliphatic carbocycles. The molecule has 2 aromatic carbocycles. The quantitative estimate of drug-likeness (QED) is 0.0719. The number of amides is 5. The number of benzene rings is 2. The van der Waals surface area contributed by atoms with Crippen molar-refractivity contribution in [3.63, 3.8) is 0 Å². The molecule has 5 amide bonds. The molecule has 3 aliphatic heterocycles. The SMILES string of the molecule is CC1OC2OCCNC(=O)CN(CC(=O)NCCCCCC(=O)NCC(NC(=O)OCC3c4ccccc4-c4ccccc43)C(=O)On3c(O)ccc3O)CC(=O)NCCOC3OC(OC2C(O)C1O)C(O)CC3O. The number of fused-ring (bicyclic) bond motifs is 6. The minimum absolute atomic E-state index is 0.00192. The normalized spacial score (nSPS) is 26.3. The van der Waals surface area contributed by atoms with Crippen LogP contribution in [0.2, 0.25) is 0 Å². The average Bonchev–Trinajstić information content (AvgIpc) is 3.88. The predicted molar refractivity (Wildman–Crippen MR) is 257 cm³/mol. The number of aromatic nitrogens is 1. The number of ether oxygens (including phenoxy) is 6. The van der Waals surface area contributed by atoms with Gasteiger partial charge in [0.1, 0.15) is 43.2 Å². The van der Waals surface area contributed by atoms with Gasteiger partial charge in [-0.3, -0.25) is 24.1 Å².